The van der Waals surface area contributed by atoms with E-state index in [0.29, 0.717) is 41.5 Å². The molecule has 3 aromatic carbocycles. The van der Waals surface area contributed by atoms with Gasteiger partial charge in [0.2, 0.25) is 5.91 Å². The molecule has 0 atom stereocenters. The Bertz CT molecular complexity index is 1640. The molecule has 5 rings (SSSR count). The summed E-state index contributed by atoms with van der Waals surface area (Å²) in [5.74, 6) is 0.179. The van der Waals surface area contributed by atoms with Gasteiger partial charge in [0.15, 0.2) is 5.16 Å². The molecule has 9 heteroatoms. The number of amides is 1. The number of benzene rings is 3. The molecular formula is C36H40F2N4O2S. The van der Waals surface area contributed by atoms with Crippen LogP contribution in [-0.2, 0) is 43.2 Å². The van der Waals surface area contributed by atoms with Crippen molar-refractivity contribution in [2.24, 2.45) is 0 Å². The maximum atomic E-state index is 14.1. The first kappa shape index (κ1) is 32.6. The number of aromatic nitrogens is 2. The molecule has 0 saturated heterocycles. The summed E-state index contributed by atoms with van der Waals surface area (Å²) >= 11 is 1.40. The van der Waals surface area contributed by atoms with Crippen molar-refractivity contribution in [1.29, 1.82) is 0 Å². The standard InChI is InChI=1S/C36H40F2N4O2S/c1-3-40(4-2)20-21-41(23-27-10-16-30(17-11-27)29-14-8-26(22-37)9-15-29)34(43)24-42-33-7-5-6-32(33)35(44)39-36(42)45-25-28-12-18-31(38)19-13-28/h8-19H,3-7,20-25H2,1-2H3. The van der Waals surface area contributed by atoms with Crippen molar-refractivity contribution in [2.75, 3.05) is 26.2 Å². The summed E-state index contributed by atoms with van der Waals surface area (Å²) in [4.78, 5) is 35.6. The summed E-state index contributed by atoms with van der Waals surface area (Å²) in [6.07, 6.45) is 2.27. The lowest BCUT2D eigenvalue weighted by Crippen LogP contribution is -2.40. The number of fused-ring (bicyclic) bond motifs is 1. The Morgan fingerprint density at radius 2 is 1.49 bits per heavy atom. The van der Waals surface area contributed by atoms with Crippen molar-refractivity contribution in [3.8, 4) is 11.1 Å². The van der Waals surface area contributed by atoms with E-state index in [-0.39, 0.29) is 23.8 Å². The molecule has 0 unspecified atom stereocenters. The molecule has 0 fully saturated rings. The Kier molecular flexibility index (Phi) is 11.2. The predicted molar refractivity (Wildman–Crippen MR) is 176 cm³/mol. The van der Waals surface area contributed by atoms with Crippen molar-refractivity contribution in [3.05, 3.63) is 117 Å². The fraction of sp³-hybridized carbons (Fsp3) is 0.361. The number of thioether (sulfide) groups is 1. The van der Waals surface area contributed by atoms with Crippen LogP contribution in [0, 0.1) is 5.82 Å². The van der Waals surface area contributed by atoms with Crippen LogP contribution in [0.15, 0.2) is 82.7 Å². The molecule has 1 aromatic heterocycles. The third-order valence-electron chi connectivity index (χ3n) is 8.48. The molecule has 45 heavy (non-hydrogen) atoms. The molecule has 0 spiro atoms. The number of hydrogen-bond donors (Lipinski definition) is 0. The normalized spacial score (nSPS) is 12.5. The summed E-state index contributed by atoms with van der Waals surface area (Å²) in [6.45, 7) is 7.43. The van der Waals surface area contributed by atoms with Crippen LogP contribution in [0.25, 0.3) is 11.1 Å². The molecule has 0 N–H and O–H groups in total. The number of likely N-dealkylation sites (N-methyl/N-ethyl adjacent to an activating group) is 1. The Hall–Kier alpha value is -3.82. The first-order valence-electron chi connectivity index (χ1n) is 15.6. The largest absolute Gasteiger partial charge is 0.336 e. The second-order valence-corrected chi connectivity index (χ2v) is 12.3. The molecule has 236 valence electrons. The minimum Gasteiger partial charge on any atom is -0.336 e. The Morgan fingerprint density at radius 3 is 2.11 bits per heavy atom. The Morgan fingerprint density at radius 1 is 0.867 bits per heavy atom. The van der Waals surface area contributed by atoms with E-state index in [0.717, 1.165) is 60.4 Å². The van der Waals surface area contributed by atoms with Gasteiger partial charge in [0.05, 0.1) is 0 Å². The molecule has 4 aromatic rings. The zero-order valence-electron chi connectivity index (χ0n) is 26.0. The van der Waals surface area contributed by atoms with Crippen LogP contribution in [0.2, 0.25) is 0 Å². The number of carbonyl (C=O) groups is 1. The van der Waals surface area contributed by atoms with Crippen LogP contribution < -0.4 is 5.56 Å². The molecule has 0 bridgehead atoms. The Balaban J connectivity index is 1.38. The third kappa shape index (κ3) is 8.27. The van der Waals surface area contributed by atoms with Crippen LogP contribution in [0.3, 0.4) is 0 Å². The molecule has 6 nitrogen and oxygen atoms in total. The van der Waals surface area contributed by atoms with Gasteiger partial charge in [-0.2, -0.15) is 4.98 Å². The summed E-state index contributed by atoms with van der Waals surface area (Å²) < 4.78 is 28.3. The minimum absolute atomic E-state index is 0.0313. The van der Waals surface area contributed by atoms with E-state index >= 15 is 0 Å². The van der Waals surface area contributed by atoms with Crippen LogP contribution in [0.5, 0.6) is 0 Å². The number of carbonyl (C=O) groups excluding carboxylic acids is 1. The van der Waals surface area contributed by atoms with Crippen molar-refractivity contribution >= 4 is 17.7 Å². The lowest BCUT2D eigenvalue weighted by atomic mass is 10.0. The van der Waals surface area contributed by atoms with Crippen LogP contribution in [-0.4, -0.2) is 51.4 Å². The van der Waals surface area contributed by atoms with Crippen LogP contribution >= 0.6 is 11.8 Å². The number of hydrogen-bond acceptors (Lipinski definition) is 5. The summed E-state index contributed by atoms with van der Waals surface area (Å²) in [5, 5.41) is 0.519. The highest BCUT2D eigenvalue weighted by Gasteiger charge is 2.25. The minimum atomic E-state index is -0.483. The number of halogens is 2. The average Bonchev–Trinajstić information content (AvgIpc) is 3.57. The van der Waals surface area contributed by atoms with Crippen molar-refractivity contribution in [3.63, 3.8) is 0 Å². The third-order valence-corrected chi connectivity index (χ3v) is 9.53. The number of alkyl halides is 1. The van der Waals surface area contributed by atoms with Crippen LogP contribution in [0.1, 0.15) is 48.2 Å². The van der Waals surface area contributed by atoms with Gasteiger partial charge in [-0.15, -0.1) is 0 Å². The SMILES string of the molecule is CCN(CC)CCN(Cc1ccc(-c2ccc(CF)cc2)cc1)C(=O)Cn1c(SCc2ccc(F)cc2)nc(=O)c2c1CCC2. The van der Waals surface area contributed by atoms with Gasteiger partial charge < -0.3 is 14.4 Å². The zero-order valence-corrected chi connectivity index (χ0v) is 26.8. The monoisotopic (exact) mass is 630 g/mol. The first-order chi connectivity index (χ1) is 21.9. The summed E-state index contributed by atoms with van der Waals surface area (Å²) in [7, 11) is 0. The molecule has 0 saturated carbocycles. The molecular weight excluding hydrogens is 590 g/mol. The molecule has 1 amide bonds. The summed E-state index contributed by atoms with van der Waals surface area (Å²) in [5.41, 5.74) is 6.01. The Labute approximate surface area is 268 Å². The zero-order chi connectivity index (χ0) is 31.8. The average molecular weight is 631 g/mol. The van der Waals surface area contributed by atoms with E-state index < -0.39 is 6.67 Å². The second kappa shape index (κ2) is 15.5. The summed E-state index contributed by atoms with van der Waals surface area (Å²) in [6, 6.07) is 21.9. The van der Waals surface area contributed by atoms with Crippen LogP contribution in [0.4, 0.5) is 8.78 Å². The molecule has 0 radical (unpaired) electrons. The van der Waals surface area contributed by atoms with Crippen molar-refractivity contribution < 1.29 is 13.6 Å². The van der Waals surface area contributed by atoms with E-state index in [9.17, 15) is 18.4 Å². The lowest BCUT2D eigenvalue weighted by Gasteiger charge is -2.28. The van der Waals surface area contributed by atoms with Gasteiger partial charge in [0, 0.05) is 36.6 Å². The van der Waals surface area contributed by atoms with E-state index in [2.05, 4.69) is 23.7 Å². The van der Waals surface area contributed by atoms with Gasteiger partial charge in [-0.3, -0.25) is 9.59 Å². The quantitative estimate of drug-likeness (QED) is 0.115. The number of nitrogens with zero attached hydrogens (tertiary/aromatic N) is 4. The topological polar surface area (TPSA) is 58.4 Å². The predicted octanol–water partition coefficient (Wildman–Crippen LogP) is 6.67. The maximum absolute atomic E-state index is 14.1. The fourth-order valence-corrected chi connectivity index (χ4v) is 6.69. The second-order valence-electron chi connectivity index (χ2n) is 11.3. The molecule has 0 aliphatic heterocycles. The van der Waals surface area contributed by atoms with Gasteiger partial charge in [0.25, 0.3) is 5.56 Å². The van der Waals surface area contributed by atoms with Gasteiger partial charge in [0.1, 0.15) is 19.0 Å². The van der Waals surface area contributed by atoms with Gasteiger partial charge in [-0.25, -0.2) is 8.78 Å². The molecule has 1 heterocycles. The van der Waals surface area contributed by atoms with E-state index in [1.54, 1.807) is 24.3 Å². The highest BCUT2D eigenvalue weighted by Crippen LogP contribution is 2.27. The highest BCUT2D eigenvalue weighted by atomic mass is 32.2. The highest BCUT2D eigenvalue weighted by molar-refractivity contribution is 7.98. The van der Waals surface area contributed by atoms with E-state index in [4.69, 9.17) is 0 Å². The van der Waals surface area contributed by atoms with Gasteiger partial charge in [-0.05, 0) is 72.3 Å². The number of rotatable bonds is 14. The molecule has 1 aliphatic rings. The van der Waals surface area contributed by atoms with Gasteiger partial charge in [-0.1, -0.05) is 86.3 Å². The van der Waals surface area contributed by atoms with Crippen molar-refractivity contribution in [1.82, 2.24) is 19.4 Å². The molecule has 1 aliphatic carbocycles. The van der Waals surface area contributed by atoms with Gasteiger partial charge >= 0.3 is 0 Å². The maximum Gasteiger partial charge on any atom is 0.277 e. The first-order valence-corrected chi connectivity index (χ1v) is 16.6. The van der Waals surface area contributed by atoms with Crippen molar-refractivity contribution in [2.45, 2.75) is 63.8 Å². The van der Waals surface area contributed by atoms with E-state index in [1.165, 1.54) is 23.9 Å². The fourth-order valence-electron chi connectivity index (χ4n) is 5.73. The van der Waals surface area contributed by atoms with E-state index in [1.807, 2.05) is 45.9 Å². The lowest BCUT2D eigenvalue weighted by molar-refractivity contribution is -0.132. The smallest absolute Gasteiger partial charge is 0.277 e.